The molecule has 0 saturated carbocycles. The summed E-state index contributed by atoms with van der Waals surface area (Å²) in [5.74, 6) is 0.267. The van der Waals surface area contributed by atoms with E-state index in [-0.39, 0.29) is 23.5 Å². The van der Waals surface area contributed by atoms with Gasteiger partial charge in [-0.2, -0.15) is 8.42 Å². The van der Waals surface area contributed by atoms with E-state index in [0.717, 1.165) is 5.56 Å². The van der Waals surface area contributed by atoms with E-state index in [0.29, 0.717) is 13.0 Å². The van der Waals surface area contributed by atoms with Crippen molar-refractivity contribution in [2.45, 2.75) is 57.6 Å². The maximum atomic E-state index is 12.3. The molecule has 1 aliphatic rings. The number of ether oxygens (including phenoxy) is 1. The average Bonchev–Trinajstić information content (AvgIpc) is 2.85. The van der Waals surface area contributed by atoms with Crippen LogP contribution in [0.15, 0.2) is 29.2 Å². The molecule has 2 rings (SSSR count). The molecular formula is C18H27NO5S. The van der Waals surface area contributed by atoms with Crippen LogP contribution >= 0.6 is 0 Å². The maximum Gasteiger partial charge on any atom is 0.410 e. The molecule has 6 nitrogen and oxygen atoms in total. The molecule has 25 heavy (non-hydrogen) atoms. The Kier molecular flexibility index (Phi) is 5.79. The van der Waals surface area contributed by atoms with Crippen molar-refractivity contribution >= 4 is 16.2 Å². The van der Waals surface area contributed by atoms with Gasteiger partial charge in [0.25, 0.3) is 10.1 Å². The summed E-state index contributed by atoms with van der Waals surface area (Å²) < 4.78 is 35.3. The zero-order chi connectivity index (χ0) is 18.8. The standard InChI is InChI=1S/C18H27NO5S/c1-13-6-8-16(9-7-13)25(21,22)23-12-15-10-14(2)11-19(15)17(20)24-18(3,4)5/h6-9,14-15H,10-12H2,1-5H3/t14-,15+/m0/s1. The van der Waals surface area contributed by atoms with E-state index < -0.39 is 21.8 Å². The van der Waals surface area contributed by atoms with Crippen molar-refractivity contribution in [3.8, 4) is 0 Å². The molecule has 2 atom stereocenters. The number of rotatable bonds is 4. The molecular weight excluding hydrogens is 342 g/mol. The van der Waals surface area contributed by atoms with E-state index in [1.165, 1.54) is 12.1 Å². The zero-order valence-corrected chi connectivity index (χ0v) is 16.3. The summed E-state index contributed by atoms with van der Waals surface area (Å²) in [6.07, 6.45) is 0.251. The van der Waals surface area contributed by atoms with Gasteiger partial charge in [0.05, 0.1) is 17.5 Å². The molecule has 1 saturated heterocycles. The van der Waals surface area contributed by atoms with Crippen LogP contribution in [0.1, 0.15) is 39.7 Å². The van der Waals surface area contributed by atoms with Crippen LogP contribution in [-0.2, 0) is 19.0 Å². The highest BCUT2D eigenvalue weighted by Crippen LogP contribution is 2.26. The number of hydrogen-bond donors (Lipinski definition) is 0. The van der Waals surface area contributed by atoms with Crippen LogP contribution in [0.2, 0.25) is 0 Å². The van der Waals surface area contributed by atoms with E-state index in [1.54, 1.807) is 37.8 Å². The van der Waals surface area contributed by atoms with E-state index in [9.17, 15) is 13.2 Å². The summed E-state index contributed by atoms with van der Waals surface area (Å²) in [7, 11) is -3.85. The minimum absolute atomic E-state index is 0.0697. The number of carbonyl (C=O) groups excluding carboxylic acids is 1. The predicted molar refractivity (Wildman–Crippen MR) is 94.8 cm³/mol. The van der Waals surface area contributed by atoms with Gasteiger partial charge in [0.15, 0.2) is 0 Å². The molecule has 1 aromatic carbocycles. The smallest absolute Gasteiger partial charge is 0.410 e. The van der Waals surface area contributed by atoms with Gasteiger partial charge in [-0.25, -0.2) is 4.79 Å². The highest BCUT2D eigenvalue weighted by molar-refractivity contribution is 7.86. The topological polar surface area (TPSA) is 72.9 Å². The number of hydrogen-bond acceptors (Lipinski definition) is 5. The molecule has 0 unspecified atom stereocenters. The fourth-order valence-electron chi connectivity index (χ4n) is 2.79. The Balaban J connectivity index is 2.04. The molecule has 0 aliphatic carbocycles. The second-order valence-electron chi connectivity index (χ2n) is 7.68. The maximum absolute atomic E-state index is 12.3. The second-order valence-corrected chi connectivity index (χ2v) is 9.29. The number of aryl methyl sites for hydroxylation is 1. The minimum atomic E-state index is -3.85. The summed E-state index contributed by atoms with van der Waals surface area (Å²) in [5.41, 5.74) is 0.377. The lowest BCUT2D eigenvalue weighted by Crippen LogP contribution is -2.42. The van der Waals surface area contributed by atoms with Crippen molar-refractivity contribution < 1.29 is 22.1 Å². The molecule has 1 amide bonds. The lowest BCUT2D eigenvalue weighted by molar-refractivity contribution is 0.0185. The Morgan fingerprint density at radius 3 is 2.40 bits per heavy atom. The first kappa shape index (κ1) is 19.7. The van der Waals surface area contributed by atoms with E-state index in [1.807, 2.05) is 13.8 Å². The molecule has 0 N–H and O–H groups in total. The summed E-state index contributed by atoms with van der Waals surface area (Å²) in [6.45, 7) is 9.78. The molecule has 7 heteroatoms. The highest BCUT2D eigenvalue weighted by Gasteiger charge is 2.36. The predicted octanol–water partition coefficient (Wildman–Crippen LogP) is 3.35. The van der Waals surface area contributed by atoms with Crippen molar-refractivity contribution in [1.29, 1.82) is 0 Å². The van der Waals surface area contributed by atoms with Crippen LogP contribution in [0.25, 0.3) is 0 Å². The molecule has 0 radical (unpaired) electrons. The van der Waals surface area contributed by atoms with Gasteiger partial charge < -0.3 is 9.64 Å². The third-order valence-electron chi connectivity index (χ3n) is 3.98. The summed E-state index contributed by atoms with van der Waals surface area (Å²) in [5, 5.41) is 0. The minimum Gasteiger partial charge on any atom is -0.444 e. The number of nitrogens with zero attached hydrogens (tertiary/aromatic N) is 1. The van der Waals surface area contributed by atoms with Crippen molar-refractivity contribution in [3.05, 3.63) is 29.8 Å². The van der Waals surface area contributed by atoms with Crippen molar-refractivity contribution in [2.24, 2.45) is 5.92 Å². The van der Waals surface area contributed by atoms with Crippen LogP contribution < -0.4 is 0 Å². The second kappa shape index (κ2) is 7.33. The Hall–Kier alpha value is -1.60. The molecule has 0 bridgehead atoms. The van der Waals surface area contributed by atoms with Crippen LogP contribution in [0, 0.1) is 12.8 Å². The fourth-order valence-corrected chi connectivity index (χ4v) is 3.74. The van der Waals surface area contributed by atoms with Crippen LogP contribution in [0.4, 0.5) is 4.79 Å². The molecule has 1 heterocycles. The van der Waals surface area contributed by atoms with Gasteiger partial charge in [0.1, 0.15) is 5.60 Å². The number of amides is 1. The largest absolute Gasteiger partial charge is 0.444 e. The van der Waals surface area contributed by atoms with Gasteiger partial charge >= 0.3 is 6.09 Å². The molecule has 140 valence electrons. The van der Waals surface area contributed by atoms with Gasteiger partial charge in [-0.1, -0.05) is 24.6 Å². The third-order valence-corrected chi connectivity index (χ3v) is 5.27. The van der Waals surface area contributed by atoms with Gasteiger partial charge in [0.2, 0.25) is 0 Å². The normalized spacial score (nSPS) is 21.4. The lowest BCUT2D eigenvalue weighted by atomic mass is 10.1. The third kappa shape index (κ3) is 5.44. The van der Waals surface area contributed by atoms with E-state index in [4.69, 9.17) is 8.92 Å². The molecule has 1 aromatic rings. The zero-order valence-electron chi connectivity index (χ0n) is 15.5. The first-order valence-electron chi connectivity index (χ1n) is 8.43. The Morgan fingerprint density at radius 2 is 1.84 bits per heavy atom. The number of likely N-dealkylation sites (tertiary alicyclic amines) is 1. The lowest BCUT2D eigenvalue weighted by Gasteiger charge is -2.28. The SMILES string of the molecule is Cc1ccc(S(=O)(=O)OC[C@H]2C[C@H](C)CN2C(=O)OC(C)(C)C)cc1. The first-order valence-corrected chi connectivity index (χ1v) is 9.84. The van der Waals surface area contributed by atoms with E-state index >= 15 is 0 Å². The summed E-state index contributed by atoms with van der Waals surface area (Å²) in [6, 6.07) is 6.17. The molecule has 0 aromatic heterocycles. The Morgan fingerprint density at radius 1 is 1.24 bits per heavy atom. The Bertz CT molecular complexity index is 706. The van der Waals surface area contributed by atoms with Crippen LogP contribution in [-0.4, -0.2) is 44.2 Å². The summed E-state index contributed by atoms with van der Waals surface area (Å²) >= 11 is 0. The quantitative estimate of drug-likeness (QED) is 0.761. The van der Waals surface area contributed by atoms with Crippen molar-refractivity contribution in [2.75, 3.05) is 13.2 Å². The van der Waals surface area contributed by atoms with Gasteiger partial charge in [-0.15, -0.1) is 0 Å². The number of benzene rings is 1. The van der Waals surface area contributed by atoms with E-state index in [2.05, 4.69) is 0 Å². The molecule has 1 aliphatic heterocycles. The molecule has 1 fully saturated rings. The van der Waals surface area contributed by atoms with Crippen LogP contribution in [0.3, 0.4) is 0 Å². The highest BCUT2D eigenvalue weighted by atomic mass is 32.2. The van der Waals surface area contributed by atoms with Crippen molar-refractivity contribution in [1.82, 2.24) is 4.90 Å². The number of carbonyl (C=O) groups is 1. The van der Waals surface area contributed by atoms with Gasteiger partial charge in [-0.3, -0.25) is 4.18 Å². The Labute approximate surface area is 150 Å². The fraction of sp³-hybridized carbons (Fsp3) is 0.611. The van der Waals surface area contributed by atoms with Crippen LogP contribution in [0.5, 0.6) is 0 Å². The average molecular weight is 369 g/mol. The molecule has 0 spiro atoms. The monoisotopic (exact) mass is 369 g/mol. The first-order chi connectivity index (χ1) is 11.5. The summed E-state index contributed by atoms with van der Waals surface area (Å²) in [4.78, 5) is 14.0. The van der Waals surface area contributed by atoms with Crippen molar-refractivity contribution in [3.63, 3.8) is 0 Å². The van der Waals surface area contributed by atoms with Gasteiger partial charge in [0, 0.05) is 6.54 Å². The van der Waals surface area contributed by atoms with Gasteiger partial charge in [-0.05, 0) is 52.2 Å².